The summed E-state index contributed by atoms with van der Waals surface area (Å²) in [6, 6.07) is 1.27. The van der Waals surface area contributed by atoms with Gasteiger partial charge in [-0.25, -0.2) is 0 Å². The molecule has 0 spiro atoms. The van der Waals surface area contributed by atoms with Crippen LogP contribution in [0, 0.1) is 0 Å². The molecule has 2 aliphatic heterocycles. The Labute approximate surface area is 95.3 Å². The van der Waals surface area contributed by atoms with Crippen LogP contribution in [-0.4, -0.2) is 64.3 Å². The van der Waals surface area contributed by atoms with Crippen molar-refractivity contribution in [2.75, 3.05) is 38.2 Å². The average molecular weight is 230 g/mol. The van der Waals surface area contributed by atoms with Crippen LogP contribution in [0.25, 0.3) is 0 Å². The number of hydrogen-bond acceptors (Lipinski definition) is 3. The van der Waals surface area contributed by atoms with Gasteiger partial charge >= 0.3 is 0 Å². The number of hydrogen-bond donors (Lipinski definition) is 0. The Morgan fingerprint density at radius 1 is 1.40 bits per heavy atom. The second kappa shape index (κ2) is 4.93. The summed E-state index contributed by atoms with van der Waals surface area (Å²) in [5.74, 6) is 0.826. The molecule has 88 valence electrons. The van der Waals surface area contributed by atoms with Gasteiger partial charge in [0, 0.05) is 54.5 Å². The summed E-state index contributed by atoms with van der Waals surface area (Å²) >= 11 is 0. The maximum atomic E-state index is 11.2. The van der Waals surface area contributed by atoms with Gasteiger partial charge in [0.25, 0.3) is 0 Å². The fourth-order valence-corrected chi connectivity index (χ4v) is 3.75. The minimum absolute atomic E-state index is 0.485. The minimum atomic E-state index is -0.659. The van der Waals surface area contributed by atoms with Gasteiger partial charge in [0.1, 0.15) is 0 Å². The highest BCUT2D eigenvalue weighted by Gasteiger charge is 2.32. The first-order valence-electron chi connectivity index (χ1n) is 5.95. The molecule has 3 nitrogen and oxygen atoms in total. The van der Waals surface area contributed by atoms with E-state index in [2.05, 4.69) is 16.7 Å². The van der Waals surface area contributed by atoms with Crippen molar-refractivity contribution in [3.05, 3.63) is 0 Å². The van der Waals surface area contributed by atoms with Crippen LogP contribution in [0.2, 0.25) is 0 Å². The molecule has 0 aromatic carbocycles. The van der Waals surface area contributed by atoms with E-state index in [1.807, 2.05) is 6.26 Å². The van der Waals surface area contributed by atoms with Gasteiger partial charge in [0.05, 0.1) is 0 Å². The summed E-state index contributed by atoms with van der Waals surface area (Å²) in [7, 11) is -0.659. The predicted octanol–water partition coefficient (Wildman–Crippen LogP) is 0.533. The molecule has 0 aromatic heterocycles. The maximum Gasteiger partial charge on any atom is 0.0385 e. The van der Waals surface area contributed by atoms with Gasteiger partial charge in [0.15, 0.2) is 0 Å². The highest BCUT2D eigenvalue weighted by Crippen LogP contribution is 2.22. The third-order valence-corrected chi connectivity index (χ3v) is 4.67. The number of piperazine rings is 1. The monoisotopic (exact) mass is 230 g/mol. The number of fused-ring (bicyclic) bond motifs is 1. The van der Waals surface area contributed by atoms with Gasteiger partial charge in [-0.05, 0) is 26.3 Å². The molecule has 0 amide bonds. The summed E-state index contributed by atoms with van der Waals surface area (Å²) < 4.78 is 11.2. The van der Waals surface area contributed by atoms with Crippen molar-refractivity contribution in [2.24, 2.45) is 0 Å². The lowest BCUT2D eigenvalue weighted by molar-refractivity contribution is 0.0839. The molecule has 0 radical (unpaired) electrons. The third-order valence-electron chi connectivity index (χ3n) is 3.72. The Hall–Kier alpha value is 0.0700. The molecule has 0 aromatic rings. The van der Waals surface area contributed by atoms with Crippen LogP contribution in [0.15, 0.2) is 0 Å². The van der Waals surface area contributed by atoms with E-state index in [4.69, 9.17) is 0 Å². The number of rotatable bonds is 3. The van der Waals surface area contributed by atoms with E-state index in [1.54, 1.807) is 0 Å². The minimum Gasteiger partial charge on any atom is -0.298 e. The lowest BCUT2D eigenvalue weighted by atomic mass is 10.1. The molecule has 3 unspecified atom stereocenters. The van der Waals surface area contributed by atoms with Crippen LogP contribution in [-0.2, 0) is 10.8 Å². The van der Waals surface area contributed by atoms with Crippen LogP contribution in [0.4, 0.5) is 0 Å². The Morgan fingerprint density at radius 2 is 2.20 bits per heavy atom. The quantitative estimate of drug-likeness (QED) is 0.707. The fourth-order valence-electron chi connectivity index (χ4n) is 2.86. The van der Waals surface area contributed by atoms with E-state index < -0.39 is 10.8 Å². The van der Waals surface area contributed by atoms with E-state index >= 15 is 0 Å². The zero-order chi connectivity index (χ0) is 10.8. The second-order valence-corrected chi connectivity index (χ2v) is 6.40. The van der Waals surface area contributed by atoms with Crippen LogP contribution >= 0.6 is 0 Å². The summed E-state index contributed by atoms with van der Waals surface area (Å²) in [6.45, 7) is 7.08. The van der Waals surface area contributed by atoms with Gasteiger partial charge in [-0.3, -0.25) is 14.0 Å². The molecule has 0 aliphatic carbocycles. The lowest BCUT2D eigenvalue weighted by Gasteiger charge is -2.40. The molecular formula is C11H22N2OS. The van der Waals surface area contributed by atoms with Gasteiger partial charge < -0.3 is 0 Å². The van der Waals surface area contributed by atoms with Crippen LogP contribution < -0.4 is 0 Å². The van der Waals surface area contributed by atoms with Gasteiger partial charge in [-0.1, -0.05) is 0 Å². The topological polar surface area (TPSA) is 23.6 Å². The summed E-state index contributed by atoms with van der Waals surface area (Å²) in [5, 5.41) is 0. The molecule has 0 N–H and O–H groups in total. The number of nitrogens with zero attached hydrogens (tertiary/aromatic N) is 2. The molecule has 0 bridgehead atoms. The van der Waals surface area contributed by atoms with Crippen LogP contribution in [0.5, 0.6) is 0 Å². The van der Waals surface area contributed by atoms with Crippen molar-refractivity contribution in [1.82, 2.24) is 9.80 Å². The first-order valence-corrected chi connectivity index (χ1v) is 7.67. The van der Waals surface area contributed by atoms with E-state index in [0.717, 1.165) is 18.3 Å². The summed E-state index contributed by atoms with van der Waals surface area (Å²) in [6.07, 6.45) is 4.54. The van der Waals surface area contributed by atoms with Crippen molar-refractivity contribution in [3.63, 3.8) is 0 Å². The predicted molar refractivity (Wildman–Crippen MR) is 64.6 cm³/mol. The molecule has 2 rings (SSSR count). The smallest absolute Gasteiger partial charge is 0.0385 e. The van der Waals surface area contributed by atoms with Crippen molar-refractivity contribution in [3.8, 4) is 0 Å². The van der Waals surface area contributed by atoms with Gasteiger partial charge in [0.2, 0.25) is 0 Å². The first-order chi connectivity index (χ1) is 7.16. The maximum absolute atomic E-state index is 11.2. The molecule has 2 heterocycles. The molecule has 2 aliphatic rings. The molecule has 3 atom stereocenters. The largest absolute Gasteiger partial charge is 0.298 e. The van der Waals surface area contributed by atoms with Crippen molar-refractivity contribution in [2.45, 2.75) is 31.8 Å². The molecule has 2 saturated heterocycles. The zero-order valence-corrected chi connectivity index (χ0v) is 10.6. The fraction of sp³-hybridized carbons (Fsp3) is 1.00. The van der Waals surface area contributed by atoms with E-state index in [0.29, 0.717) is 6.04 Å². The molecule has 4 heteroatoms. The van der Waals surface area contributed by atoms with Gasteiger partial charge in [-0.2, -0.15) is 0 Å². The summed E-state index contributed by atoms with van der Waals surface area (Å²) in [4.78, 5) is 5.14. The SMILES string of the molecule is CC(CS(C)=O)N1CCN2CCCC2C1. The van der Waals surface area contributed by atoms with E-state index in [-0.39, 0.29) is 0 Å². The Morgan fingerprint density at radius 3 is 2.93 bits per heavy atom. The molecule has 0 saturated carbocycles. The average Bonchev–Trinajstić information content (AvgIpc) is 2.62. The zero-order valence-electron chi connectivity index (χ0n) is 9.82. The summed E-state index contributed by atoms with van der Waals surface area (Å²) in [5.41, 5.74) is 0. The van der Waals surface area contributed by atoms with Gasteiger partial charge in [-0.15, -0.1) is 0 Å². The van der Waals surface area contributed by atoms with Crippen LogP contribution in [0.1, 0.15) is 19.8 Å². The first kappa shape index (κ1) is 11.6. The van der Waals surface area contributed by atoms with Crippen molar-refractivity contribution < 1.29 is 4.21 Å². The molecular weight excluding hydrogens is 208 g/mol. The van der Waals surface area contributed by atoms with E-state index in [9.17, 15) is 4.21 Å². The Bertz CT molecular complexity index is 247. The lowest BCUT2D eigenvalue weighted by Crippen LogP contribution is -2.53. The Balaban J connectivity index is 1.86. The normalized spacial score (nSPS) is 32.5. The Kier molecular flexibility index (Phi) is 3.80. The standard InChI is InChI=1S/C11H22N2OS/c1-10(9-15(2)14)13-7-6-12-5-3-4-11(12)8-13/h10-11H,3-9H2,1-2H3. The van der Waals surface area contributed by atoms with Crippen molar-refractivity contribution >= 4 is 10.8 Å². The highest BCUT2D eigenvalue weighted by molar-refractivity contribution is 7.84. The molecule has 2 fully saturated rings. The van der Waals surface area contributed by atoms with Crippen LogP contribution in [0.3, 0.4) is 0 Å². The third kappa shape index (κ3) is 2.80. The molecule has 15 heavy (non-hydrogen) atoms. The van der Waals surface area contributed by atoms with E-state index in [1.165, 1.54) is 32.5 Å². The highest BCUT2D eigenvalue weighted by atomic mass is 32.2. The van der Waals surface area contributed by atoms with Crippen molar-refractivity contribution in [1.29, 1.82) is 0 Å². The second-order valence-electron chi connectivity index (χ2n) is 4.92.